The van der Waals surface area contributed by atoms with Crippen LogP contribution in [0.15, 0.2) is 48.5 Å². The predicted octanol–water partition coefficient (Wildman–Crippen LogP) is 7.52. The van der Waals surface area contributed by atoms with Gasteiger partial charge in [0.15, 0.2) is 0 Å². The van der Waals surface area contributed by atoms with Crippen LogP contribution in [0.5, 0.6) is 0 Å². The van der Waals surface area contributed by atoms with Gasteiger partial charge in [-0.25, -0.2) is 9.59 Å². The number of likely N-dealkylation sites (tertiary alicyclic amines) is 1. The first-order valence-electron chi connectivity index (χ1n) is 13.1. The first-order valence-corrected chi connectivity index (χ1v) is 13.1. The molecule has 0 bridgehead atoms. The van der Waals surface area contributed by atoms with E-state index in [2.05, 4.69) is 0 Å². The Kier molecular flexibility index (Phi) is 7.54. The second-order valence-corrected chi connectivity index (χ2v) is 11.8. The quantitative estimate of drug-likeness (QED) is 0.349. The fourth-order valence-corrected chi connectivity index (χ4v) is 5.71. The van der Waals surface area contributed by atoms with E-state index in [1.165, 1.54) is 18.9 Å². The average molecular weight is 586 g/mol. The van der Waals surface area contributed by atoms with Crippen LogP contribution in [0.25, 0.3) is 0 Å². The monoisotopic (exact) mass is 585 g/mol. The minimum absolute atomic E-state index is 0.0632. The van der Waals surface area contributed by atoms with Gasteiger partial charge in [0.25, 0.3) is 0 Å². The van der Waals surface area contributed by atoms with Crippen molar-refractivity contribution in [3.63, 3.8) is 0 Å². The number of halogens is 6. The molecule has 2 aromatic carbocycles. The lowest BCUT2D eigenvalue weighted by Crippen LogP contribution is -2.50. The third-order valence-corrected chi connectivity index (χ3v) is 7.95. The predicted molar refractivity (Wildman–Crippen MR) is 139 cm³/mol. The Hall–Kier alpha value is -3.44. The summed E-state index contributed by atoms with van der Waals surface area (Å²) < 4.78 is 86.5. The molecule has 4 atom stereocenters. The molecule has 12 heteroatoms. The van der Waals surface area contributed by atoms with Crippen LogP contribution in [0.3, 0.4) is 0 Å². The number of hydrogen-bond acceptors (Lipinski definition) is 3. The van der Waals surface area contributed by atoms with Crippen molar-refractivity contribution >= 4 is 12.1 Å². The topological polar surface area (TPSA) is 53.1 Å². The smallest absolute Gasteiger partial charge is 0.416 e. The molecule has 4 rings (SSSR count). The Labute approximate surface area is 234 Å². The zero-order valence-electron chi connectivity index (χ0n) is 23.6. The number of rotatable bonds is 4. The summed E-state index contributed by atoms with van der Waals surface area (Å²) in [6, 6.07) is 8.05. The molecular weight excluding hydrogens is 552 g/mol. The molecule has 1 aliphatic carbocycles. The Morgan fingerprint density at radius 2 is 1.49 bits per heavy atom. The maximum Gasteiger partial charge on any atom is 0.416 e. The van der Waals surface area contributed by atoms with Crippen LogP contribution in [0.2, 0.25) is 0 Å². The summed E-state index contributed by atoms with van der Waals surface area (Å²) in [5.41, 5.74) is -3.98. The van der Waals surface area contributed by atoms with Crippen LogP contribution >= 0.6 is 0 Å². The molecule has 2 aromatic rings. The number of carbonyl (C=O) groups excluding carboxylic acids is 2. The molecule has 224 valence electrons. The largest absolute Gasteiger partial charge is 0.444 e. The Morgan fingerprint density at radius 1 is 0.951 bits per heavy atom. The highest BCUT2D eigenvalue weighted by Gasteiger charge is 2.71. The molecule has 1 saturated carbocycles. The van der Waals surface area contributed by atoms with E-state index in [0.29, 0.717) is 18.6 Å². The van der Waals surface area contributed by atoms with Gasteiger partial charge in [-0.3, -0.25) is 0 Å². The molecule has 1 heterocycles. The highest BCUT2D eigenvalue weighted by atomic mass is 19.4. The molecule has 0 radical (unpaired) electrons. The Bertz CT molecular complexity index is 1280. The molecule has 3 amide bonds. The van der Waals surface area contributed by atoms with Gasteiger partial charge in [-0.05, 0) is 63.4 Å². The summed E-state index contributed by atoms with van der Waals surface area (Å²) >= 11 is 0. The van der Waals surface area contributed by atoms with Gasteiger partial charge in [-0.2, -0.15) is 26.3 Å². The molecule has 1 aliphatic heterocycles. The van der Waals surface area contributed by atoms with Crippen molar-refractivity contribution in [3.8, 4) is 0 Å². The third-order valence-electron chi connectivity index (χ3n) is 7.95. The minimum atomic E-state index is -5.01. The number of fused-ring (bicyclic) bond motifs is 1. The van der Waals surface area contributed by atoms with E-state index in [1.807, 2.05) is 12.1 Å². The molecule has 1 saturated heterocycles. The number of alkyl halides is 6. The van der Waals surface area contributed by atoms with Gasteiger partial charge in [0, 0.05) is 26.6 Å². The summed E-state index contributed by atoms with van der Waals surface area (Å²) in [7, 11) is 2.96. The Morgan fingerprint density at radius 3 is 1.98 bits per heavy atom. The molecule has 6 nitrogen and oxygen atoms in total. The molecule has 0 spiro atoms. The lowest BCUT2D eigenvalue weighted by Gasteiger charge is -2.40. The maximum atomic E-state index is 13.9. The lowest BCUT2D eigenvalue weighted by atomic mass is 9.96. The fourth-order valence-electron chi connectivity index (χ4n) is 5.71. The van der Waals surface area contributed by atoms with Gasteiger partial charge in [-0.1, -0.05) is 30.3 Å². The molecular formula is C29H33F6N3O3. The van der Waals surface area contributed by atoms with Crippen molar-refractivity contribution in [3.05, 3.63) is 70.8 Å². The first-order chi connectivity index (χ1) is 18.8. The standard InChI is InChI=1S/C29H33F6N3O3/c1-17(19-12-20(28(30,31)32)14-21(13-19)29(33,34)35)36(5)24(39)38-16-22-15-27(22,23(38)18-10-8-7-9-11-18)37(6)25(40)41-26(2,3)4/h7-14,17,22-23H,15-16H2,1-6H3/t17?,22-,23-,27-/m1/s1. The highest BCUT2D eigenvalue weighted by molar-refractivity contribution is 5.78. The van der Waals surface area contributed by atoms with Crippen LogP contribution in [-0.2, 0) is 17.1 Å². The third kappa shape index (κ3) is 5.83. The number of piperidine rings is 1. The van der Waals surface area contributed by atoms with Crippen LogP contribution in [-0.4, -0.2) is 58.6 Å². The van der Waals surface area contributed by atoms with Gasteiger partial charge >= 0.3 is 24.5 Å². The highest BCUT2D eigenvalue weighted by Crippen LogP contribution is 2.63. The van der Waals surface area contributed by atoms with Crippen LogP contribution in [0.4, 0.5) is 35.9 Å². The van der Waals surface area contributed by atoms with E-state index >= 15 is 0 Å². The van der Waals surface area contributed by atoms with E-state index < -0.39 is 58.8 Å². The summed E-state index contributed by atoms with van der Waals surface area (Å²) in [5, 5.41) is 0. The number of benzene rings is 2. The van der Waals surface area contributed by atoms with Gasteiger partial charge in [0.05, 0.1) is 28.7 Å². The van der Waals surface area contributed by atoms with Gasteiger partial charge in [0.1, 0.15) is 5.60 Å². The van der Waals surface area contributed by atoms with E-state index in [9.17, 15) is 35.9 Å². The van der Waals surface area contributed by atoms with E-state index in [1.54, 1.807) is 50.9 Å². The van der Waals surface area contributed by atoms with Crippen molar-refractivity contribution in [1.29, 1.82) is 0 Å². The second kappa shape index (κ2) is 10.1. The van der Waals surface area contributed by atoms with Crippen molar-refractivity contribution in [2.45, 2.75) is 69.7 Å². The Balaban J connectivity index is 1.68. The van der Waals surface area contributed by atoms with Crippen molar-refractivity contribution in [2.24, 2.45) is 5.92 Å². The fraction of sp³-hybridized carbons (Fsp3) is 0.517. The molecule has 0 aromatic heterocycles. The number of nitrogens with zero attached hydrogens (tertiary/aromatic N) is 3. The number of ether oxygens (including phenoxy) is 1. The van der Waals surface area contributed by atoms with Crippen LogP contribution in [0, 0.1) is 5.92 Å². The zero-order valence-corrected chi connectivity index (χ0v) is 23.6. The number of amides is 3. The summed E-state index contributed by atoms with van der Waals surface area (Å²) in [5.74, 6) is -0.0942. The molecule has 41 heavy (non-hydrogen) atoms. The number of carbonyl (C=O) groups is 2. The zero-order chi connectivity index (χ0) is 30.7. The van der Waals surface area contributed by atoms with Gasteiger partial charge in [0.2, 0.25) is 0 Å². The number of hydrogen-bond donors (Lipinski definition) is 0. The van der Waals surface area contributed by atoms with Crippen LogP contribution in [0.1, 0.15) is 68.5 Å². The van der Waals surface area contributed by atoms with Crippen molar-refractivity contribution in [2.75, 3.05) is 20.6 Å². The van der Waals surface area contributed by atoms with E-state index in [0.717, 1.165) is 10.5 Å². The molecule has 2 fully saturated rings. The van der Waals surface area contributed by atoms with Crippen molar-refractivity contribution in [1.82, 2.24) is 14.7 Å². The number of likely N-dealkylation sites (N-methyl/N-ethyl adjacent to an activating group) is 1. The summed E-state index contributed by atoms with van der Waals surface area (Å²) in [4.78, 5) is 31.2. The summed E-state index contributed by atoms with van der Waals surface area (Å²) in [6.07, 6.45) is -9.97. The normalized spacial score (nSPS) is 23.1. The summed E-state index contributed by atoms with van der Waals surface area (Å²) in [6.45, 7) is 6.86. The first kappa shape index (κ1) is 30.5. The average Bonchev–Trinajstić information content (AvgIpc) is 3.49. The lowest BCUT2D eigenvalue weighted by molar-refractivity contribution is -0.143. The maximum absolute atomic E-state index is 13.9. The van der Waals surface area contributed by atoms with Gasteiger partial charge < -0.3 is 19.4 Å². The molecule has 1 unspecified atom stereocenters. The van der Waals surface area contributed by atoms with Gasteiger partial charge in [-0.15, -0.1) is 0 Å². The second-order valence-electron chi connectivity index (χ2n) is 11.8. The molecule has 2 aliphatic rings. The van der Waals surface area contributed by atoms with E-state index in [4.69, 9.17) is 4.74 Å². The SMILES string of the molecule is CC(c1cc(C(F)(F)F)cc(C(F)(F)F)c1)N(C)C(=O)N1C[C@H]2C[C@]2(N(C)C(=O)OC(C)(C)C)[C@H]1c1ccccc1. The van der Waals surface area contributed by atoms with Crippen LogP contribution < -0.4 is 0 Å². The van der Waals surface area contributed by atoms with Crippen molar-refractivity contribution < 1.29 is 40.7 Å². The molecule has 0 N–H and O–H groups in total. The number of urea groups is 1. The minimum Gasteiger partial charge on any atom is -0.444 e. The van der Waals surface area contributed by atoms with E-state index in [-0.39, 0.29) is 24.1 Å².